The summed E-state index contributed by atoms with van der Waals surface area (Å²) in [4.78, 5) is 64.6. The second kappa shape index (κ2) is 19.5. The first kappa shape index (κ1) is 45.8. The largest absolute Gasteiger partial charge is 0.487 e. The van der Waals surface area contributed by atoms with Gasteiger partial charge in [0.05, 0.1) is 28.0 Å². The topological polar surface area (TPSA) is 181 Å². The van der Waals surface area contributed by atoms with E-state index in [4.69, 9.17) is 16.3 Å². The number of benzene rings is 3. The minimum Gasteiger partial charge on any atom is -0.487 e. The third kappa shape index (κ3) is 11.0. The van der Waals surface area contributed by atoms with Crippen LogP contribution in [-0.2, 0) is 34.6 Å². The molecule has 4 aromatic rings. The molecular weight excluding hydrogens is 830 g/mol. The normalized spacial score (nSPS) is 15.3. The molecule has 326 valence electrons. The minimum atomic E-state index is -0.824. The summed E-state index contributed by atoms with van der Waals surface area (Å²) in [6, 6.07) is 20.4. The predicted octanol–water partition coefficient (Wildman–Crippen LogP) is 6.66. The maximum atomic E-state index is 13.2. The van der Waals surface area contributed by atoms with Crippen molar-refractivity contribution in [1.29, 1.82) is 5.26 Å². The number of carbonyl (C=O) groups is 4. The Kier molecular flexibility index (Phi) is 14.4. The number of hydroxylamine groups is 1. The highest BCUT2D eigenvalue weighted by molar-refractivity contribution is 7.74. The Hall–Kier alpha value is -5.73. The number of nitriles is 1. The average Bonchev–Trinajstić information content (AvgIpc) is 3.56. The van der Waals surface area contributed by atoms with Crippen LogP contribution >= 0.6 is 24.4 Å². The van der Waals surface area contributed by atoms with E-state index < -0.39 is 15.6 Å². The van der Waals surface area contributed by atoms with Gasteiger partial charge in [0.25, 0.3) is 11.9 Å². The number of thiol groups is 1. The number of rotatable bonds is 17. The molecule has 0 saturated carbocycles. The predicted molar refractivity (Wildman–Crippen MR) is 238 cm³/mol. The smallest absolute Gasteiger partial charge is 0.317 e. The van der Waals surface area contributed by atoms with E-state index in [-0.39, 0.29) is 42.5 Å². The number of aromatic nitrogens is 2. The van der Waals surface area contributed by atoms with Crippen molar-refractivity contribution in [3.63, 3.8) is 0 Å². The Morgan fingerprint density at radius 3 is 2.45 bits per heavy atom. The number of nitrogens with zero attached hydrogens (tertiary/aromatic N) is 7. The van der Waals surface area contributed by atoms with Gasteiger partial charge in [-0.2, -0.15) is 15.9 Å². The van der Waals surface area contributed by atoms with Crippen molar-refractivity contribution >= 4 is 59.6 Å². The fourth-order valence-corrected chi connectivity index (χ4v) is 8.22. The summed E-state index contributed by atoms with van der Waals surface area (Å²) in [5.41, 5.74) is 8.07. The van der Waals surface area contributed by atoms with Crippen molar-refractivity contribution < 1.29 is 33.3 Å². The fourth-order valence-electron chi connectivity index (χ4n) is 7.79. The zero-order chi connectivity index (χ0) is 44.8. The van der Waals surface area contributed by atoms with Crippen LogP contribution in [0.1, 0.15) is 90.8 Å². The molecule has 3 heterocycles. The molecule has 6 rings (SSSR count). The van der Waals surface area contributed by atoms with Gasteiger partial charge in [-0.05, 0) is 82.6 Å². The first-order chi connectivity index (χ1) is 29.5. The van der Waals surface area contributed by atoms with Crippen LogP contribution in [0.2, 0.25) is 5.02 Å². The van der Waals surface area contributed by atoms with Crippen LogP contribution in [-0.4, -0.2) is 98.5 Å². The molecule has 0 radical (unpaired) electrons. The Balaban J connectivity index is 1.00. The van der Waals surface area contributed by atoms with Crippen molar-refractivity contribution in [3.8, 4) is 11.8 Å². The third-order valence-electron chi connectivity index (χ3n) is 11.4. The molecule has 2 atom stereocenters. The number of amides is 3. The van der Waals surface area contributed by atoms with Gasteiger partial charge in [-0.15, -0.1) is 0 Å². The number of hydrogen-bond acceptors (Lipinski definition) is 12. The lowest BCUT2D eigenvalue weighted by molar-refractivity contribution is -0.955. The number of halogens is 1. The third-order valence-corrected chi connectivity index (χ3v) is 11.8. The zero-order valence-electron chi connectivity index (χ0n) is 35.7. The number of hydrogen-bond donors (Lipinski definition) is 4. The number of ether oxygens (including phenoxy) is 1. The van der Waals surface area contributed by atoms with Gasteiger partial charge in [-0.3, -0.25) is 14.4 Å². The highest BCUT2D eigenvalue weighted by atomic mass is 35.5. The quantitative estimate of drug-likeness (QED) is 0.0506. The molecule has 3 N–H and O–H groups in total. The molecule has 2 aliphatic heterocycles. The summed E-state index contributed by atoms with van der Waals surface area (Å²) in [7, 11) is 1.41. The number of urea groups is 1. The van der Waals surface area contributed by atoms with Gasteiger partial charge in [0.2, 0.25) is 0 Å². The molecule has 0 spiro atoms. The first-order valence-electron chi connectivity index (χ1n) is 20.6. The number of anilines is 2. The number of piperazine rings is 1. The summed E-state index contributed by atoms with van der Waals surface area (Å²) >= 11 is 10.9. The number of Topliss-reactive ketones (excluding diaryl/α,β-unsaturated/α-hetero) is 2. The van der Waals surface area contributed by atoms with Crippen molar-refractivity contribution in [1.82, 2.24) is 25.1 Å². The van der Waals surface area contributed by atoms with Gasteiger partial charge < -0.3 is 24.8 Å². The van der Waals surface area contributed by atoms with Crippen molar-refractivity contribution in [2.45, 2.75) is 78.0 Å². The van der Waals surface area contributed by atoms with Gasteiger partial charge in [0.15, 0.2) is 5.78 Å². The van der Waals surface area contributed by atoms with Crippen LogP contribution in [0.5, 0.6) is 5.75 Å². The average molecular weight is 883 g/mol. The van der Waals surface area contributed by atoms with E-state index in [1.807, 2.05) is 48.5 Å². The van der Waals surface area contributed by atoms with E-state index in [2.05, 4.69) is 58.3 Å². The molecule has 15 nitrogen and oxygen atoms in total. The number of ketones is 2. The SMILES string of the molecule is CCC(=O)CCC(C(C)=O)N1Cc2cc(CCNC(=O)N3CCN(c4c(Cl)cc(C(C)(C)c5ccc(OCc6ccnc(N[N+](C)(O)S)n6)cc5)cc4C#N)CC3)ccc2C1=O. The van der Waals surface area contributed by atoms with Crippen LogP contribution in [0.25, 0.3) is 0 Å². The van der Waals surface area contributed by atoms with Gasteiger partial charge in [0, 0.05) is 69.3 Å². The van der Waals surface area contributed by atoms with Crippen LogP contribution < -0.4 is 20.4 Å². The number of carbonyl (C=O) groups excluding carboxylic acids is 4. The van der Waals surface area contributed by atoms with E-state index in [0.717, 1.165) is 22.3 Å². The fraction of sp³-hybridized carbons (Fsp3) is 0.400. The Morgan fingerprint density at radius 2 is 1.79 bits per heavy atom. The van der Waals surface area contributed by atoms with E-state index in [1.165, 1.54) is 14.0 Å². The van der Waals surface area contributed by atoms with Crippen LogP contribution in [0, 0.1) is 11.3 Å². The van der Waals surface area contributed by atoms with Crippen molar-refractivity contribution in [2.75, 3.05) is 50.1 Å². The van der Waals surface area contributed by atoms with E-state index in [0.29, 0.717) is 91.8 Å². The summed E-state index contributed by atoms with van der Waals surface area (Å²) < 4.78 is 5.14. The van der Waals surface area contributed by atoms with Gasteiger partial charge in [-0.1, -0.05) is 56.6 Å². The van der Waals surface area contributed by atoms with Gasteiger partial charge in [0.1, 0.15) is 44.1 Å². The molecule has 1 aromatic heterocycles. The number of fused-ring (bicyclic) bond motifs is 1. The summed E-state index contributed by atoms with van der Waals surface area (Å²) in [6.07, 6.45) is 3.10. The first-order valence-corrected chi connectivity index (χ1v) is 21.4. The lowest BCUT2D eigenvalue weighted by atomic mass is 9.77. The van der Waals surface area contributed by atoms with Crippen LogP contribution in [0.3, 0.4) is 0 Å². The molecule has 0 bridgehead atoms. The second-order valence-corrected chi connectivity index (χ2v) is 17.4. The van der Waals surface area contributed by atoms with E-state index >= 15 is 0 Å². The highest BCUT2D eigenvalue weighted by Gasteiger charge is 2.35. The van der Waals surface area contributed by atoms with E-state index in [9.17, 15) is 29.6 Å². The Morgan fingerprint density at radius 1 is 1.06 bits per heavy atom. The molecule has 1 fully saturated rings. The molecule has 62 heavy (non-hydrogen) atoms. The molecule has 3 amide bonds. The molecule has 2 unspecified atom stereocenters. The monoisotopic (exact) mass is 882 g/mol. The zero-order valence-corrected chi connectivity index (χ0v) is 37.3. The second-order valence-electron chi connectivity index (χ2n) is 16.2. The summed E-state index contributed by atoms with van der Waals surface area (Å²) in [6.45, 7) is 10.2. The number of quaternary nitrogens is 1. The maximum absolute atomic E-state index is 13.2. The molecule has 1 saturated heterocycles. The summed E-state index contributed by atoms with van der Waals surface area (Å²) in [5, 5.41) is 23.6. The standard InChI is InChI=1S/C45H52ClN9O6S/c1-6-36(57)10-14-40(29(2)56)54-27-32-23-30(7-13-38(32)42(54)58)15-17-49-44(59)53-21-19-52(20-22-53)41-31(26-47)24-34(25-39(41)46)45(3,4)33-8-11-37(12-9-33)61-28-35-16-18-48-43(50-35)51-55(5,60)62/h7-9,11-13,16,18,23-25,40,60,62H,6,10,14-15,17,19-22,27-28H2,1-5H3,(H-,48,49,50,51,59)/p+1. The highest BCUT2D eigenvalue weighted by Crippen LogP contribution is 2.39. The van der Waals surface area contributed by atoms with Gasteiger partial charge >= 0.3 is 6.03 Å². The molecule has 2 aliphatic rings. The minimum absolute atomic E-state index is 0.0653. The molecule has 3 aromatic carbocycles. The molecule has 0 aliphatic carbocycles. The van der Waals surface area contributed by atoms with Crippen molar-refractivity contribution in [3.05, 3.63) is 111 Å². The molecular formula is C45H53ClN9O6S+. The van der Waals surface area contributed by atoms with E-state index in [1.54, 1.807) is 35.1 Å². The van der Waals surface area contributed by atoms with Crippen molar-refractivity contribution in [2.24, 2.45) is 0 Å². The Labute approximate surface area is 372 Å². The lowest BCUT2D eigenvalue weighted by Gasteiger charge is -2.37. The van der Waals surface area contributed by atoms with Gasteiger partial charge in [-0.25, -0.2) is 14.8 Å². The maximum Gasteiger partial charge on any atom is 0.317 e. The van der Waals surface area contributed by atoms with Crippen LogP contribution in [0.4, 0.5) is 16.4 Å². The number of nitrogens with one attached hydrogen (secondary N) is 2. The lowest BCUT2D eigenvalue weighted by Crippen LogP contribution is -2.52. The van der Waals surface area contributed by atoms with Crippen LogP contribution in [0.15, 0.2) is 66.9 Å². The summed E-state index contributed by atoms with van der Waals surface area (Å²) in [5.74, 6) is 0.567. The Bertz CT molecular complexity index is 2360. The molecule has 17 heteroatoms.